The summed E-state index contributed by atoms with van der Waals surface area (Å²) < 4.78 is 31.3. The highest BCUT2D eigenvalue weighted by atomic mass is 32.2. The van der Waals surface area contributed by atoms with Crippen molar-refractivity contribution in [3.8, 4) is 0 Å². The summed E-state index contributed by atoms with van der Waals surface area (Å²) in [6.45, 7) is 0.719. The predicted molar refractivity (Wildman–Crippen MR) is 104 cm³/mol. The van der Waals surface area contributed by atoms with E-state index < -0.39 is 10.0 Å². The van der Waals surface area contributed by atoms with Crippen LogP contribution in [0.5, 0.6) is 0 Å². The van der Waals surface area contributed by atoms with Gasteiger partial charge in [-0.15, -0.1) is 10.2 Å². The summed E-state index contributed by atoms with van der Waals surface area (Å²) in [5.74, 6) is -0.321. The zero-order chi connectivity index (χ0) is 19.0. The summed E-state index contributed by atoms with van der Waals surface area (Å²) in [5, 5.41) is 12.3. The fourth-order valence-electron chi connectivity index (χ4n) is 2.63. The van der Waals surface area contributed by atoms with Gasteiger partial charge in [-0.3, -0.25) is 14.8 Å². The van der Waals surface area contributed by atoms with Crippen molar-refractivity contribution in [2.75, 3.05) is 22.9 Å². The van der Waals surface area contributed by atoms with E-state index in [1.807, 2.05) is 0 Å². The van der Waals surface area contributed by atoms with Crippen LogP contribution in [0, 0.1) is 0 Å². The summed E-state index contributed by atoms with van der Waals surface area (Å²) in [4.78, 5) is 16.7. The van der Waals surface area contributed by atoms with Gasteiger partial charge in [0, 0.05) is 12.2 Å². The maximum atomic E-state index is 12.5. The highest BCUT2D eigenvalue weighted by Crippen LogP contribution is 2.32. The molecule has 0 radical (unpaired) electrons. The van der Waals surface area contributed by atoms with E-state index >= 15 is 0 Å². The fraction of sp³-hybridized carbons (Fsp3) is 0.333. The number of rotatable bonds is 5. The van der Waals surface area contributed by atoms with Crippen LogP contribution in [-0.4, -0.2) is 42.4 Å². The number of nitrogens with one attached hydrogen (secondary N) is 2. The van der Waals surface area contributed by atoms with E-state index in [1.165, 1.54) is 11.3 Å². The van der Waals surface area contributed by atoms with Crippen molar-refractivity contribution < 1.29 is 17.9 Å². The molecule has 4 rings (SSSR count). The predicted octanol–water partition coefficient (Wildman–Crippen LogP) is 2.62. The van der Waals surface area contributed by atoms with Gasteiger partial charge in [0.2, 0.25) is 15.2 Å². The van der Waals surface area contributed by atoms with Crippen molar-refractivity contribution in [3.05, 3.63) is 28.8 Å². The molecule has 142 valence electrons. The molecule has 9 nitrogen and oxygen atoms in total. The fourth-order valence-corrected chi connectivity index (χ4v) is 5.19. The molecule has 2 N–H and O–H groups in total. The molecule has 1 aliphatic heterocycles. The van der Waals surface area contributed by atoms with Crippen LogP contribution in [0.4, 0.5) is 10.3 Å². The number of ether oxygens (including phenoxy) is 1. The van der Waals surface area contributed by atoms with Crippen molar-refractivity contribution in [1.29, 1.82) is 0 Å². The minimum Gasteiger partial charge on any atom is -0.371 e. The van der Waals surface area contributed by atoms with Crippen LogP contribution in [0.15, 0.2) is 18.2 Å². The summed E-state index contributed by atoms with van der Waals surface area (Å²) in [6, 6.07) is 4.97. The Morgan fingerprint density at radius 2 is 2.11 bits per heavy atom. The average molecular weight is 426 g/mol. The number of carbonyl (C=O) groups excluding carboxylic acids is 1. The summed E-state index contributed by atoms with van der Waals surface area (Å²) >= 11 is 2.46. The summed E-state index contributed by atoms with van der Waals surface area (Å²) in [6.07, 6.45) is 2.93. The van der Waals surface area contributed by atoms with Gasteiger partial charge in [-0.2, -0.15) is 0 Å². The first-order valence-electron chi connectivity index (χ1n) is 8.02. The van der Waals surface area contributed by atoms with Gasteiger partial charge in [0.05, 0.1) is 16.5 Å². The highest BCUT2D eigenvalue weighted by Gasteiger charge is 2.22. The zero-order valence-electron chi connectivity index (χ0n) is 14.1. The second-order valence-electron chi connectivity index (χ2n) is 5.98. The van der Waals surface area contributed by atoms with Crippen LogP contribution in [0.2, 0.25) is 0 Å². The van der Waals surface area contributed by atoms with Crippen LogP contribution in [0.1, 0.15) is 34.3 Å². The van der Waals surface area contributed by atoms with Crippen LogP contribution < -0.4 is 10.0 Å². The maximum absolute atomic E-state index is 12.5. The molecule has 0 saturated carbocycles. The first-order valence-corrected chi connectivity index (χ1v) is 11.5. The van der Waals surface area contributed by atoms with Gasteiger partial charge in [-0.1, -0.05) is 22.7 Å². The number of hydrogen-bond acceptors (Lipinski definition) is 9. The molecule has 2 aromatic heterocycles. The highest BCUT2D eigenvalue weighted by molar-refractivity contribution is 7.92. The van der Waals surface area contributed by atoms with Gasteiger partial charge >= 0.3 is 0 Å². The lowest BCUT2D eigenvalue weighted by Crippen LogP contribution is -2.11. The van der Waals surface area contributed by atoms with Crippen LogP contribution in [0.3, 0.4) is 0 Å². The first kappa shape index (κ1) is 18.2. The number of aromatic nitrogens is 3. The summed E-state index contributed by atoms with van der Waals surface area (Å²) in [7, 11) is -3.40. The third-order valence-electron chi connectivity index (χ3n) is 3.79. The number of nitrogens with zero attached hydrogens (tertiary/aromatic N) is 3. The number of hydrogen-bond donors (Lipinski definition) is 2. The molecule has 0 bridgehead atoms. The number of carbonyl (C=O) groups is 1. The lowest BCUT2D eigenvalue weighted by molar-refractivity contribution is 0.102. The van der Waals surface area contributed by atoms with Crippen molar-refractivity contribution in [1.82, 2.24) is 15.2 Å². The van der Waals surface area contributed by atoms with Crippen LogP contribution in [0.25, 0.3) is 10.2 Å². The molecule has 0 unspecified atom stereocenters. The second kappa shape index (κ2) is 7.11. The Morgan fingerprint density at radius 1 is 1.26 bits per heavy atom. The quantitative estimate of drug-likeness (QED) is 0.644. The lowest BCUT2D eigenvalue weighted by atomic mass is 10.2. The van der Waals surface area contributed by atoms with E-state index in [0.29, 0.717) is 20.9 Å². The van der Waals surface area contributed by atoms with Gasteiger partial charge in [0.25, 0.3) is 5.91 Å². The SMILES string of the molecule is CS(=O)(=O)Nc1nc2ccc(C(=O)Nc3nnc([C@H]4CCCO4)s3)cc2s1. The molecule has 1 atom stereocenters. The molecule has 1 aromatic carbocycles. The molecule has 0 aliphatic carbocycles. The minimum absolute atomic E-state index is 0.0394. The molecular weight excluding hydrogens is 410 g/mol. The van der Waals surface area contributed by atoms with E-state index in [0.717, 1.165) is 42.0 Å². The molecule has 3 heterocycles. The normalized spacial score (nSPS) is 17.3. The molecule has 1 amide bonds. The van der Waals surface area contributed by atoms with Gasteiger partial charge in [0.1, 0.15) is 11.1 Å². The third kappa shape index (κ3) is 4.24. The Hall–Kier alpha value is -2.15. The van der Waals surface area contributed by atoms with Crippen molar-refractivity contribution in [3.63, 3.8) is 0 Å². The van der Waals surface area contributed by atoms with Gasteiger partial charge < -0.3 is 4.74 Å². The van der Waals surface area contributed by atoms with Crippen molar-refractivity contribution >= 4 is 59.1 Å². The van der Waals surface area contributed by atoms with Gasteiger partial charge in [0.15, 0.2) is 5.13 Å². The zero-order valence-corrected chi connectivity index (χ0v) is 16.6. The largest absolute Gasteiger partial charge is 0.371 e. The number of anilines is 2. The van der Waals surface area contributed by atoms with Crippen LogP contribution in [-0.2, 0) is 14.8 Å². The Balaban J connectivity index is 1.50. The Bertz CT molecular complexity index is 1100. The molecule has 1 saturated heterocycles. The molecule has 27 heavy (non-hydrogen) atoms. The molecule has 0 spiro atoms. The molecule has 12 heteroatoms. The van der Waals surface area contributed by atoms with Crippen molar-refractivity contribution in [2.45, 2.75) is 18.9 Å². The smallest absolute Gasteiger partial charge is 0.257 e. The maximum Gasteiger partial charge on any atom is 0.257 e. The van der Waals surface area contributed by atoms with Crippen LogP contribution >= 0.6 is 22.7 Å². The van der Waals surface area contributed by atoms with E-state index in [2.05, 4.69) is 25.2 Å². The standard InChI is InChI=1S/C15H15N5O4S3/c1-27(22,23)20-15-16-9-5-4-8(7-11(9)25-15)12(21)17-14-19-18-13(26-14)10-3-2-6-24-10/h4-5,7,10H,2-3,6H2,1H3,(H,16,20)(H,17,19,21)/t10-/m1/s1. The monoisotopic (exact) mass is 425 g/mol. The number of amides is 1. The number of benzene rings is 1. The molecule has 1 aliphatic rings. The van der Waals surface area contributed by atoms with Gasteiger partial charge in [-0.05, 0) is 31.0 Å². The van der Waals surface area contributed by atoms with E-state index in [9.17, 15) is 13.2 Å². The third-order valence-corrected chi connectivity index (χ3v) is 6.35. The second-order valence-corrected chi connectivity index (χ2v) is 9.77. The first-order chi connectivity index (χ1) is 12.9. The summed E-state index contributed by atoms with van der Waals surface area (Å²) in [5.41, 5.74) is 1.03. The molecule has 3 aromatic rings. The Labute approximate surface area is 162 Å². The molecule has 1 fully saturated rings. The number of thiazole rings is 1. The van der Waals surface area contributed by atoms with E-state index in [4.69, 9.17) is 4.74 Å². The lowest BCUT2D eigenvalue weighted by Gasteiger charge is -2.02. The van der Waals surface area contributed by atoms with Gasteiger partial charge in [-0.25, -0.2) is 13.4 Å². The molecular formula is C15H15N5O4S3. The topological polar surface area (TPSA) is 123 Å². The number of sulfonamides is 1. The van der Waals surface area contributed by atoms with Crippen molar-refractivity contribution in [2.24, 2.45) is 0 Å². The number of fused-ring (bicyclic) bond motifs is 1. The minimum atomic E-state index is -3.40. The Morgan fingerprint density at radius 3 is 2.85 bits per heavy atom. The Kier molecular flexibility index (Phi) is 4.80. The van der Waals surface area contributed by atoms with E-state index in [1.54, 1.807) is 18.2 Å². The average Bonchev–Trinajstić information content (AvgIpc) is 3.32. The van der Waals surface area contributed by atoms with E-state index in [-0.39, 0.29) is 17.1 Å².